The topological polar surface area (TPSA) is 114 Å². The fourth-order valence-corrected chi connectivity index (χ4v) is 6.78. The zero-order valence-corrected chi connectivity index (χ0v) is 24.5. The molecule has 1 aromatic carbocycles. The van der Waals surface area contributed by atoms with Crippen molar-refractivity contribution in [3.05, 3.63) is 41.7 Å². The second-order valence-electron chi connectivity index (χ2n) is 12.4. The summed E-state index contributed by atoms with van der Waals surface area (Å²) in [6, 6.07) is 9.53. The molecule has 0 atom stereocenters. The summed E-state index contributed by atoms with van der Waals surface area (Å²) in [5, 5.41) is 7.34. The molecule has 2 saturated carbocycles. The molecule has 41 heavy (non-hydrogen) atoms. The number of aromatic nitrogens is 4. The van der Waals surface area contributed by atoms with Gasteiger partial charge in [-0.25, -0.2) is 4.98 Å². The first-order valence-electron chi connectivity index (χ1n) is 16.0. The molecule has 9 heteroatoms. The molecule has 3 fully saturated rings. The Labute approximate surface area is 243 Å². The number of amides is 1. The van der Waals surface area contributed by atoms with Crippen molar-refractivity contribution in [1.29, 1.82) is 0 Å². The van der Waals surface area contributed by atoms with E-state index in [1.807, 2.05) is 23.4 Å². The van der Waals surface area contributed by atoms with E-state index in [0.717, 1.165) is 80.6 Å². The van der Waals surface area contributed by atoms with Crippen LogP contribution in [0, 0.1) is 0 Å². The minimum Gasteiger partial charge on any atom is -0.365 e. The molecule has 6 rings (SSSR count). The number of unbranched alkanes of at least 4 members (excludes halogenated alkanes) is 1. The number of fused-ring (bicyclic) bond motifs is 1. The fourth-order valence-electron chi connectivity index (χ4n) is 6.78. The predicted molar refractivity (Wildman–Crippen MR) is 164 cm³/mol. The highest BCUT2D eigenvalue weighted by molar-refractivity contribution is 5.94. The van der Waals surface area contributed by atoms with Crippen LogP contribution in [0.4, 0.5) is 11.8 Å². The molecule has 0 spiro atoms. The van der Waals surface area contributed by atoms with Gasteiger partial charge in [0.15, 0.2) is 17.0 Å². The van der Waals surface area contributed by atoms with Crippen molar-refractivity contribution in [2.45, 2.75) is 115 Å². The van der Waals surface area contributed by atoms with E-state index in [1.54, 1.807) is 0 Å². The Bertz CT molecular complexity index is 1300. The van der Waals surface area contributed by atoms with Crippen molar-refractivity contribution in [3.8, 4) is 0 Å². The van der Waals surface area contributed by atoms with Gasteiger partial charge in [0.05, 0.1) is 6.33 Å². The number of rotatable bonds is 9. The number of likely N-dealkylation sites (tertiary alicyclic amines) is 1. The van der Waals surface area contributed by atoms with Gasteiger partial charge in [0.1, 0.15) is 0 Å². The highest BCUT2D eigenvalue weighted by Crippen LogP contribution is 2.34. The van der Waals surface area contributed by atoms with Crippen LogP contribution in [0.2, 0.25) is 0 Å². The minimum atomic E-state index is 0.129. The Balaban J connectivity index is 1.14. The van der Waals surface area contributed by atoms with E-state index in [9.17, 15) is 4.79 Å². The van der Waals surface area contributed by atoms with E-state index < -0.39 is 0 Å². The molecule has 1 aliphatic heterocycles. The molecule has 3 aromatic rings. The first-order chi connectivity index (χ1) is 20.1. The highest BCUT2D eigenvalue weighted by Gasteiger charge is 2.27. The third-order valence-corrected chi connectivity index (χ3v) is 9.39. The second kappa shape index (κ2) is 12.8. The van der Waals surface area contributed by atoms with Crippen LogP contribution in [-0.2, 0) is 6.42 Å². The van der Waals surface area contributed by atoms with Crippen molar-refractivity contribution >= 4 is 28.8 Å². The Morgan fingerprint density at radius 3 is 2.34 bits per heavy atom. The number of nitrogens with zero attached hydrogens (tertiary/aromatic N) is 5. The molecule has 1 amide bonds. The van der Waals surface area contributed by atoms with Gasteiger partial charge in [0.2, 0.25) is 5.95 Å². The van der Waals surface area contributed by atoms with Gasteiger partial charge in [-0.15, -0.1) is 0 Å². The van der Waals surface area contributed by atoms with Gasteiger partial charge in [-0.05, 0) is 81.9 Å². The SMILES string of the molecule is CCCCc1ccc(C(=O)N2CCC(Nc3nc(N[C@H]4CC[C@H](N)CC4)nc4c3ncn4C3CCCC3)CC2)cc1. The van der Waals surface area contributed by atoms with Gasteiger partial charge in [-0.3, -0.25) is 4.79 Å². The highest BCUT2D eigenvalue weighted by atomic mass is 16.2. The molecule has 0 unspecified atom stereocenters. The third kappa shape index (κ3) is 6.50. The third-order valence-electron chi connectivity index (χ3n) is 9.39. The summed E-state index contributed by atoms with van der Waals surface area (Å²) in [6.45, 7) is 3.66. The lowest BCUT2D eigenvalue weighted by molar-refractivity contribution is 0.0718. The summed E-state index contributed by atoms with van der Waals surface area (Å²) >= 11 is 0. The van der Waals surface area contributed by atoms with Crippen LogP contribution in [0.3, 0.4) is 0 Å². The largest absolute Gasteiger partial charge is 0.365 e. The van der Waals surface area contributed by atoms with Crippen LogP contribution in [0.15, 0.2) is 30.6 Å². The molecule has 9 nitrogen and oxygen atoms in total. The number of nitrogens with one attached hydrogen (secondary N) is 2. The summed E-state index contributed by atoms with van der Waals surface area (Å²) in [5.74, 6) is 1.60. The zero-order valence-electron chi connectivity index (χ0n) is 24.5. The lowest BCUT2D eigenvalue weighted by Crippen LogP contribution is -2.42. The van der Waals surface area contributed by atoms with Crippen LogP contribution in [-0.4, -0.2) is 61.5 Å². The van der Waals surface area contributed by atoms with Crippen LogP contribution >= 0.6 is 0 Å². The molecule has 2 aliphatic carbocycles. The summed E-state index contributed by atoms with van der Waals surface area (Å²) < 4.78 is 2.27. The second-order valence-corrected chi connectivity index (χ2v) is 12.4. The summed E-state index contributed by atoms with van der Waals surface area (Å²) in [5.41, 5.74) is 9.99. The van der Waals surface area contributed by atoms with E-state index >= 15 is 0 Å². The first kappa shape index (κ1) is 27.9. The maximum atomic E-state index is 13.2. The Hall–Kier alpha value is -3.20. The van der Waals surface area contributed by atoms with E-state index in [-0.39, 0.29) is 11.9 Å². The summed E-state index contributed by atoms with van der Waals surface area (Å²) in [4.78, 5) is 29.9. The number of hydrogen-bond donors (Lipinski definition) is 3. The molecule has 220 valence electrons. The van der Waals surface area contributed by atoms with Gasteiger partial charge in [0.25, 0.3) is 5.91 Å². The Morgan fingerprint density at radius 2 is 1.63 bits per heavy atom. The molecule has 0 bridgehead atoms. The van der Waals surface area contributed by atoms with E-state index in [2.05, 4.69) is 34.3 Å². The molecule has 3 heterocycles. The maximum absolute atomic E-state index is 13.2. The van der Waals surface area contributed by atoms with Gasteiger partial charge in [-0.1, -0.05) is 38.3 Å². The fraction of sp³-hybridized carbons (Fsp3) is 0.625. The molecule has 2 aromatic heterocycles. The lowest BCUT2D eigenvalue weighted by atomic mass is 9.92. The van der Waals surface area contributed by atoms with Crippen molar-refractivity contribution < 1.29 is 4.79 Å². The van der Waals surface area contributed by atoms with Crippen molar-refractivity contribution in [2.24, 2.45) is 5.73 Å². The molecule has 3 aliphatic rings. The molecular formula is C32H46N8O. The van der Waals surface area contributed by atoms with Crippen LogP contribution in [0.1, 0.15) is 106 Å². The smallest absolute Gasteiger partial charge is 0.253 e. The van der Waals surface area contributed by atoms with Crippen LogP contribution in [0.25, 0.3) is 11.2 Å². The van der Waals surface area contributed by atoms with Crippen LogP contribution < -0.4 is 16.4 Å². The van der Waals surface area contributed by atoms with Gasteiger partial charge in [-0.2, -0.15) is 9.97 Å². The van der Waals surface area contributed by atoms with Gasteiger partial charge < -0.3 is 25.8 Å². The van der Waals surface area contributed by atoms with E-state index in [4.69, 9.17) is 20.7 Å². The first-order valence-corrected chi connectivity index (χ1v) is 16.0. The van der Waals surface area contributed by atoms with Crippen molar-refractivity contribution in [1.82, 2.24) is 24.4 Å². The number of aryl methyl sites for hydroxylation is 1. The molecule has 4 N–H and O–H groups in total. The monoisotopic (exact) mass is 558 g/mol. The molecule has 1 saturated heterocycles. The van der Waals surface area contributed by atoms with Crippen LogP contribution in [0.5, 0.6) is 0 Å². The van der Waals surface area contributed by atoms with E-state index in [0.29, 0.717) is 24.1 Å². The average Bonchev–Trinajstić information content (AvgIpc) is 3.68. The molecule has 0 radical (unpaired) electrons. The average molecular weight is 559 g/mol. The number of anilines is 2. The number of nitrogens with two attached hydrogens (primary N) is 1. The Kier molecular flexibility index (Phi) is 8.70. The number of imidazole rings is 1. The molecular weight excluding hydrogens is 512 g/mol. The Morgan fingerprint density at radius 1 is 0.927 bits per heavy atom. The number of carbonyl (C=O) groups excluding carboxylic acids is 1. The number of benzene rings is 1. The number of hydrogen-bond acceptors (Lipinski definition) is 7. The van der Waals surface area contributed by atoms with Crippen molar-refractivity contribution in [3.63, 3.8) is 0 Å². The predicted octanol–water partition coefficient (Wildman–Crippen LogP) is 5.68. The maximum Gasteiger partial charge on any atom is 0.253 e. The standard InChI is InChI=1S/C32H46N8O/c1-2-3-6-22-9-11-23(12-10-22)31(41)39-19-17-26(18-20-39)35-29-28-30(40(21-34-28)27-7-4-5-8-27)38-32(37-29)36-25-15-13-24(33)14-16-25/h9-12,21,24-27H,2-8,13-20,33H2,1H3,(H2,35,36,37,38)/t24-,25-. The van der Waals surface area contributed by atoms with Gasteiger partial charge >= 0.3 is 0 Å². The zero-order chi connectivity index (χ0) is 28.2. The lowest BCUT2D eigenvalue weighted by Gasteiger charge is -2.33. The van der Waals surface area contributed by atoms with Gasteiger partial charge in [0, 0.05) is 42.8 Å². The minimum absolute atomic E-state index is 0.129. The quantitative estimate of drug-likeness (QED) is 0.309. The normalized spacial score (nSPS) is 22.3. The number of carbonyl (C=O) groups is 1. The summed E-state index contributed by atoms with van der Waals surface area (Å²) in [7, 11) is 0. The van der Waals surface area contributed by atoms with Crippen molar-refractivity contribution in [2.75, 3.05) is 23.7 Å². The van der Waals surface area contributed by atoms with E-state index in [1.165, 1.54) is 44.1 Å². The number of piperidine rings is 1. The summed E-state index contributed by atoms with van der Waals surface area (Å²) in [6.07, 6.45) is 16.2.